The van der Waals surface area contributed by atoms with Crippen LogP contribution in [-0.4, -0.2) is 11.0 Å². The molecule has 3 rings (SSSR count). The molecule has 5 heteroatoms. The Morgan fingerprint density at radius 1 is 1.21 bits per heavy atom. The number of benzene rings is 1. The molecule has 2 heterocycles. The molecule has 1 N–H and O–H groups in total. The zero-order valence-corrected chi connectivity index (χ0v) is 10.7. The van der Waals surface area contributed by atoms with Crippen molar-refractivity contribution in [2.45, 2.75) is 20.5 Å². The molecule has 0 radical (unpaired) electrons. The summed E-state index contributed by atoms with van der Waals surface area (Å²) >= 11 is 0. The number of rotatable bonds is 1. The van der Waals surface area contributed by atoms with Crippen molar-refractivity contribution in [1.29, 1.82) is 0 Å². The van der Waals surface area contributed by atoms with Crippen LogP contribution in [-0.2, 0) is 11.3 Å². The molecule has 0 atom stereocenters. The lowest BCUT2D eigenvalue weighted by Crippen LogP contribution is -2.22. The number of nitrogens with one attached hydrogen (secondary N) is 1. The Bertz CT molecular complexity index is 747. The Morgan fingerprint density at radius 3 is 2.74 bits per heavy atom. The van der Waals surface area contributed by atoms with E-state index in [1.807, 2.05) is 6.92 Å². The molecule has 2 aromatic rings. The van der Waals surface area contributed by atoms with Gasteiger partial charge < -0.3 is 9.72 Å². The van der Waals surface area contributed by atoms with Gasteiger partial charge in [-0.3, -0.25) is 0 Å². The number of H-pyrrole nitrogens is 1. The summed E-state index contributed by atoms with van der Waals surface area (Å²) in [5, 5.41) is 0. The van der Waals surface area contributed by atoms with Crippen molar-refractivity contribution in [3.05, 3.63) is 51.8 Å². The summed E-state index contributed by atoms with van der Waals surface area (Å²) in [5.41, 5.74) is 4.31. The van der Waals surface area contributed by atoms with Crippen LogP contribution in [0.3, 0.4) is 0 Å². The highest BCUT2D eigenvalue weighted by atomic mass is 16.5. The number of nitrogens with zero attached hydrogens (tertiary/aromatic N) is 1. The van der Waals surface area contributed by atoms with Crippen LogP contribution in [0.5, 0.6) is 0 Å². The number of aromatic nitrogens is 2. The predicted molar refractivity (Wildman–Crippen MR) is 68.2 cm³/mol. The normalized spacial score (nSPS) is 13.3. The largest absolute Gasteiger partial charge is 0.457 e. The lowest BCUT2D eigenvalue weighted by Gasteiger charge is -2.04. The minimum atomic E-state index is -0.296. The van der Waals surface area contributed by atoms with E-state index in [4.69, 9.17) is 4.74 Å². The Hall–Kier alpha value is -2.43. The van der Waals surface area contributed by atoms with Gasteiger partial charge in [-0.15, -0.1) is 0 Å². The van der Waals surface area contributed by atoms with Crippen LogP contribution in [0.1, 0.15) is 27.2 Å². The van der Waals surface area contributed by atoms with E-state index in [9.17, 15) is 9.70 Å². The minimum Gasteiger partial charge on any atom is -0.457 e. The second-order valence-corrected chi connectivity index (χ2v) is 4.62. The van der Waals surface area contributed by atoms with E-state index >= 15 is 0 Å². The third-order valence-electron chi connectivity index (χ3n) is 3.49. The zero-order chi connectivity index (χ0) is 13.6. The first kappa shape index (κ1) is 11.6. The fourth-order valence-electron chi connectivity index (χ4n) is 2.36. The minimum absolute atomic E-state index is 0.280. The average molecular weight is 257 g/mol. The number of ether oxygens (including phenoxy) is 1. The molecular formula is C14H13N2O3+. The number of cyclic esters (lactones) is 1. The van der Waals surface area contributed by atoms with E-state index in [-0.39, 0.29) is 12.6 Å². The monoisotopic (exact) mass is 257 g/mol. The summed E-state index contributed by atoms with van der Waals surface area (Å²) in [4.78, 5) is 26.5. The maximum atomic E-state index is 12.1. The lowest BCUT2D eigenvalue weighted by atomic mass is 9.97. The van der Waals surface area contributed by atoms with Crippen molar-refractivity contribution in [3.8, 4) is 11.3 Å². The second kappa shape index (κ2) is 4.05. The Balaban J connectivity index is 2.26. The van der Waals surface area contributed by atoms with Gasteiger partial charge in [0, 0.05) is 17.4 Å². The average Bonchev–Trinajstić information content (AvgIpc) is 2.77. The topological polar surface area (TPSA) is 65.1 Å². The molecule has 1 aliphatic rings. The third kappa shape index (κ3) is 1.66. The van der Waals surface area contributed by atoms with Crippen LogP contribution in [0.15, 0.2) is 24.5 Å². The van der Waals surface area contributed by atoms with Gasteiger partial charge in [0.2, 0.25) is 0 Å². The van der Waals surface area contributed by atoms with Crippen molar-refractivity contribution < 1.29 is 14.0 Å². The van der Waals surface area contributed by atoms with Gasteiger partial charge in [0.25, 0.3) is 11.4 Å². The van der Waals surface area contributed by atoms with Gasteiger partial charge in [-0.25, -0.2) is 4.79 Å². The first-order valence-corrected chi connectivity index (χ1v) is 6.00. The number of hydrogen-bond donors (Lipinski definition) is 1. The van der Waals surface area contributed by atoms with E-state index in [1.165, 1.54) is 0 Å². The molecule has 0 saturated heterocycles. The standard InChI is InChI=1S/C14H12N2O3/c1-8-5-15-6-13(16(8)18)10-3-4-11-12(9(10)2)7-19-14(11)17/h3-6H,7H2,1-2H3/p+1. The highest BCUT2D eigenvalue weighted by Crippen LogP contribution is 2.30. The number of carbonyl (C=O) groups is 1. The number of fused-ring (bicyclic) bond motifs is 1. The third-order valence-corrected chi connectivity index (χ3v) is 3.49. The Labute approximate surface area is 109 Å². The van der Waals surface area contributed by atoms with Crippen LogP contribution < -0.4 is 4.43 Å². The predicted octanol–water partition coefficient (Wildman–Crippen LogP) is 1.88. The first-order chi connectivity index (χ1) is 9.09. The smallest absolute Gasteiger partial charge is 0.338 e. The van der Waals surface area contributed by atoms with Crippen LogP contribution >= 0.6 is 0 Å². The molecule has 0 amide bonds. The molecule has 0 fully saturated rings. The van der Waals surface area contributed by atoms with Crippen molar-refractivity contribution in [2.75, 3.05) is 0 Å². The SMILES string of the molecule is Cc1c(-c2c[nH]cc(C)[n+]2=O)ccc2c1COC2=O. The molecule has 0 bridgehead atoms. The fourth-order valence-corrected chi connectivity index (χ4v) is 2.36. The van der Waals surface area contributed by atoms with Crippen molar-refractivity contribution in [3.63, 3.8) is 0 Å². The molecular weight excluding hydrogens is 244 g/mol. The van der Waals surface area contributed by atoms with E-state index in [2.05, 4.69) is 4.98 Å². The molecule has 1 aromatic heterocycles. The lowest BCUT2D eigenvalue weighted by molar-refractivity contribution is -0.491. The van der Waals surface area contributed by atoms with E-state index < -0.39 is 0 Å². The number of aromatic amines is 1. The van der Waals surface area contributed by atoms with Crippen molar-refractivity contribution in [1.82, 2.24) is 4.98 Å². The Kier molecular flexibility index (Phi) is 2.48. The first-order valence-electron chi connectivity index (χ1n) is 6.00. The second-order valence-electron chi connectivity index (χ2n) is 4.62. The summed E-state index contributed by atoms with van der Waals surface area (Å²) in [6, 6.07) is 3.51. The maximum Gasteiger partial charge on any atom is 0.338 e. The van der Waals surface area contributed by atoms with Crippen molar-refractivity contribution in [2.24, 2.45) is 0 Å². The van der Waals surface area contributed by atoms with Gasteiger partial charge in [-0.1, -0.05) is 0 Å². The highest BCUT2D eigenvalue weighted by molar-refractivity contribution is 5.94. The number of hydrogen-bond acceptors (Lipinski definition) is 3. The number of esters is 1. The van der Waals surface area contributed by atoms with Gasteiger partial charge in [0.05, 0.1) is 27.9 Å². The summed E-state index contributed by atoms with van der Waals surface area (Å²) < 4.78 is 5.90. The van der Waals surface area contributed by atoms with Gasteiger partial charge in [0.15, 0.2) is 0 Å². The summed E-state index contributed by atoms with van der Waals surface area (Å²) in [5.74, 6) is -0.296. The van der Waals surface area contributed by atoms with Crippen LogP contribution in [0.25, 0.3) is 11.3 Å². The van der Waals surface area contributed by atoms with Crippen LogP contribution in [0.2, 0.25) is 0 Å². The molecule has 5 nitrogen and oxygen atoms in total. The molecule has 0 spiro atoms. The summed E-state index contributed by atoms with van der Waals surface area (Å²) in [6.07, 6.45) is 3.30. The fraction of sp³-hybridized carbons (Fsp3) is 0.214. The van der Waals surface area contributed by atoms with Gasteiger partial charge in [-0.2, -0.15) is 0 Å². The number of carbonyl (C=O) groups excluding carboxylic acids is 1. The van der Waals surface area contributed by atoms with Crippen LogP contribution in [0.4, 0.5) is 0 Å². The molecule has 19 heavy (non-hydrogen) atoms. The van der Waals surface area contributed by atoms with Crippen LogP contribution in [0, 0.1) is 18.8 Å². The van der Waals surface area contributed by atoms with E-state index in [1.54, 1.807) is 31.5 Å². The maximum absolute atomic E-state index is 12.1. The van der Waals surface area contributed by atoms with Gasteiger partial charge >= 0.3 is 5.97 Å². The summed E-state index contributed by atoms with van der Waals surface area (Å²) in [7, 11) is 0. The zero-order valence-electron chi connectivity index (χ0n) is 10.7. The molecule has 96 valence electrons. The molecule has 1 aromatic carbocycles. The number of aryl methyl sites for hydroxylation is 1. The summed E-state index contributed by atoms with van der Waals surface area (Å²) in [6.45, 7) is 3.92. The molecule has 0 aliphatic carbocycles. The highest BCUT2D eigenvalue weighted by Gasteiger charge is 2.26. The quantitative estimate of drug-likeness (QED) is 0.626. The molecule has 1 aliphatic heterocycles. The molecule has 0 unspecified atom stereocenters. The molecule has 0 saturated carbocycles. The van der Waals surface area contributed by atoms with Gasteiger partial charge in [0.1, 0.15) is 6.61 Å². The Morgan fingerprint density at radius 2 is 1.95 bits per heavy atom. The van der Waals surface area contributed by atoms with E-state index in [0.29, 0.717) is 17.0 Å². The van der Waals surface area contributed by atoms with Crippen molar-refractivity contribution >= 4 is 5.97 Å². The van der Waals surface area contributed by atoms with Gasteiger partial charge in [-0.05, 0) is 24.6 Å². The van der Waals surface area contributed by atoms with E-state index in [0.717, 1.165) is 21.1 Å².